The molecule has 104 valence electrons. The number of anilines is 1. The van der Waals surface area contributed by atoms with Crippen molar-refractivity contribution in [3.8, 4) is 0 Å². The number of nitrogens with one attached hydrogen (secondary N) is 3. The topological polar surface area (TPSA) is 69.8 Å². The van der Waals surface area contributed by atoms with Crippen LogP contribution in [0.25, 0.3) is 0 Å². The highest BCUT2D eigenvalue weighted by Crippen LogP contribution is 2.21. The van der Waals surface area contributed by atoms with E-state index in [4.69, 9.17) is 0 Å². The lowest BCUT2D eigenvalue weighted by Crippen LogP contribution is -2.25. The van der Waals surface area contributed by atoms with Gasteiger partial charge in [-0.05, 0) is 44.0 Å². The Kier molecular flexibility index (Phi) is 3.41. The second-order valence-corrected chi connectivity index (χ2v) is 5.21. The van der Waals surface area contributed by atoms with Gasteiger partial charge in [-0.1, -0.05) is 6.07 Å². The Morgan fingerprint density at radius 1 is 1.40 bits per heavy atom. The van der Waals surface area contributed by atoms with Crippen molar-refractivity contribution < 1.29 is 4.79 Å². The zero-order chi connectivity index (χ0) is 13.9. The molecule has 0 aliphatic heterocycles. The number of carbonyl (C=O) groups excluding carboxylic acids is 1. The van der Waals surface area contributed by atoms with E-state index in [1.54, 1.807) is 6.20 Å². The smallest absolute Gasteiger partial charge is 0.251 e. The highest BCUT2D eigenvalue weighted by Gasteiger charge is 2.23. The summed E-state index contributed by atoms with van der Waals surface area (Å²) < 4.78 is 0. The Hall–Kier alpha value is -2.30. The van der Waals surface area contributed by atoms with Gasteiger partial charge >= 0.3 is 0 Å². The van der Waals surface area contributed by atoms with Crippen LogP contribution < -0.4 is 10.6 Å². The molecule has 20 heavy (non-hydrogen) atoms. The highest BCUT2D eigenvalue weighted by molar-refractivity contribution is 5.95. The molecule has 0 spiro atoms. The van der Waals surface area contributed by atoms with Gasteiger partial charge in [0.05, 0.1) is 11.7 Å². The highest BCUT2D eigenvalue weighted by atomic mass is 16.1. The van der Waals surface area contributed by atoms with Crippen LogP contribution in [-0.2, 0) is 0 Å². The number of H-pyrrole nitrogens is 1. The van der Waals surface area contributed by atoms with Gasteiger partial charge in [-0.3, -0.25) is 9.89 Å². The molecule has 0 bridgehead atoms. The van der Waals surface area contributed by atoms with Gasteiger partial charge < -0.3 is 10.6 Å². The van der Waals surface area contributed by atoms with Crippen molar-refractivity contribution in [1.29, 1.82) is 0 Å². The Balaban J connectivity index is 1.68. The number of aromatic nitrogens is 2. The zero-order valence-electron chi connectivity index (χ0n) is 11.4. The molecule has 5 nitrogen and oxygen atoms in total. The fourth-order valence-corrected chi connectivity index (χ4v) is 2.08. The quantitative estimate of drug-likeness (QED) is 0.781. The van der Waals surface area contributed by atoms with Crippen molar-refractivity contribution in [2.75, 3.05) is 5.32 Å². The largest absolute Gasteiger partial charge is 0.377 e. The van der Waals surface area contributed by atoms with E-state index < -0.39 is 0 Å². The molecular formula is C15H18N4O. The SMILES string of the molecule is CC(Nc1cccc(C(=O)NC2CC2)c1)c1ccn[nH]1. The molecule has 1 aliphatic rings. The van der Waals surface area contributed by atoms with Gasteiger partial charge in [0.1, 0.15) is 0 Å². The predicted octanol–water partition coefficient (Wildman–Crippen LogP) is 2.48. The lowest BCUT2D eigenvalue weighted by Gasteiger charge is -2.14. The molecule has 5 heteroatoms. The molecule has 1 unspecified atom stereocenters. The molecule has 1 saturated carbocycles. The van der Waals surface area contributed by atoms with Gasteiger partial charge in [0.15, 0.2) is 0 Å². The third-order valence-corrected chi connectivity index (χ3v) is 3.41. The lowest BCUT2D eigenvalue weighted by molar-refractivity contribution is 0.0951. The van der Waals surface area contributed by atoms with Crippen LogP contribution in [0, 0.1) is 0 Å². The predicted molar refractivity (Wildman–Crippen MR) is 77.6 cm³/mol. The van der Waals surface area contributed by atoms with E-state index in [-0.39, 0.29) is 11.9 Å². The van der Waals surface area contributed by atoms with Crippen molar-refractivity contribution in [3.05, 3.63) is 47.8 Å². The van der Waals surface area contributed by atoms with Gasteiger partial charge in [-0.15, -0.1) is 0 Å². The molecular weight excluding hydrogens is 252 g/mol. The molecule has 1 fully saturated rings. The van der Waals surface area contributed by atoms with Gasteiger partial charge in [0.2, 0.25) is 0 Å². The number of aromatic amines is 1. The molecule has 1 aromatic heterocycles. The number of carbonyl (C=O) groups is 1. The average molecular weight is 270 g/mol. The Labute approximate surface area is 117 Å². The molecule has 0 saturated heterocycles. The lowest BCUT2D eigenvalue weighted by atomic mass is 10.1. The minimum absolute atomic E-state index is 0.00495. The van der Waals surface area contributed by atoms with Gasteiger partial charge in [-0.2, -0.15) is 5.10 Å². The summed E-state index contributed by atoms with van der Waals surface area (Å²) >= 11 is 0. The zero-order valence-corrected chi connectivity index (χ0v) is 11.4. The van der Waals surface area contributed by atoms with Crippen LogP contribution in [0.15, 0.2) is 36.5 Å². The first kappa shape index (κ1) is 12.7. The van der Waals surface area contributed by atoms with Crippen molar-refractivity contribution in [3.63, 3.8) is 0 Å². The maximum absolute atomic E-state index is 12.0. The third kappa shape index (κ3) is 2.99. The van der Waals surface area contributed by atoms with Crippen LogP contribution >= 0.6 is 0 Å². The fourth-order valence-electron chi connectivity index (χ4n) is 2.08. The van der Waals surface area contributed by atoms with Crippen molar-refractivity contribution in [2.24, 2.45) is 0 Å². The second kappa shape index (κ2) is 5.36. The summed E-state index contributed by atoms with van der Waals surface area (Å²) in [5.74, 6) is 0.00495. The second-order valence-electron chi connectivity index (χ2n) is 5.21. The van der Waals surface area contributed by atoms with E-state index in [1.165, 1.54) is 0 Å². The van der Waals surface area contributed by atoms with Crippen LogP contribution in [-0.4, -0.2) is 22.1 Å². The monoisotopic (exact) mass is 270 g/mol. The van der Waals surface area contributed by atoms with Gasteiger partial charge in [-0.25, -0.2) is 0 Å². The number of rotatable bonds is 5. The molecule has 3 N–H and O–H groups in total. The fraction of sp³-hybridized carbons (Fsp3) is 0.333. The average Bonchev–Trinajstić information content (AvgIpc) is 3.08. The molecule has 1 aromatic carbocycles. The summed E-state index contributed by atoms with van der Waals surface area (Å²) in [5, 5.41) is 13.2. The van der Waals surface area contributed by atoms with E-state index in [2.05, 4.69) is 20.8 Å². The Morgan fingerprint density at radius 2 is 2.25 bits per heavy atom. The van der Waals surface area contributed by atoms with Crippen LogP contribution in [0.5, 0.6) is 0 Å². The summed E-state index contributed by atoms with van der Waals surface area (Å²) in [5.41, 5.74) is 2.63. The summed E-state index contributed by atoms with van der Waals surface area (Å²) in [7, 11) is 0. The van der Waals surface area contributed by atoms with Crippen molar-refractivity contribution >= 4 is 11.6 Å². The molecule has 0 radical (unpaired) electrons. The molecule has 1 atom stereocenters. The van der Waals surface area contributed by atoms with E-state index in [0.717, 1.165) is 24.2 Å². The summed E-state index contributed by atoms with van der Waals surface area (Å²) in [6.45, 7) is 2.05. The minimum atomic E-state index is 0.00495. The third-order valence-electron chi connectivity index (χ3n) is 3.41. The normalized spacial score (nSPS) is 15.7. The van der Waals surface area contributed by atoms with Crippen LogP contribution in [0.4, 0.5) is 5.69 Å². The molecule has 3 rings (SSSR count). The number of benzene rings is 1. The Bertz CT molecular complexity index is 590. The van der Waals surface area contributed by atoms with E-state index >= 15 is 0 Å². The molecule has 1 aliphatic carbocycles. The van der Waals surface area contributed by atoms with E-state index in [0.29, 0.717) is 11.6 Å². The Morgan fingerprint density at radius 3 is 2.95 bits per heavy atom. The molecule has 1 amide bonds. The number of amides is 1. The van der Waals surface area contributed by atoms with Crippen molar-refractivity contribution in [1.82, 2.24) is 15.5 Å². The number of hydrogen-bond donors (Lipinski definition) is 3. The number of nitrogens with zero attached hydrogens (tertiary/aromatic N) is 1. The maximum atomic E-state index is 12.0. The number of hydrogen-bond acceptors (Lipinski definition) is 3. The minimum Gasteiger partial charge on any atom is -0.377 e. The van der Waals surface area contributed by atoms with Crippen LogP contribution in [0.2, 0.25) is 0 Å². The summed E-state index contributed by atoms with van der Waals surface area (Å²) in [4.78, 5) is 12.0. The summed E-state index contributed by atoms with van der Waals surface area (Å²) in [6, 6.07) is 9.99. The van der Waals surface area contributed by atoms with E-state index in [9.17, 15) is 4.79 Å². The first-order valence-electron chi connectivity index (χ1n) is 6.89. The standard InChI is InChI=1S/C15H18N4O/c1-10(14-7-8-16-19-14)17-13-4-2-3-11(9-13)15(20)18-12-5-6-12/h2-4,7-10,12,17H,5-6H2,1H3,(H,16,19)(H,18,20). The van der Waals surface area contributed by atoms with E-state index in [1.807, 2.05) is 37.3 Å². The van der Waals surface area contributed by atoms with Gasteiger partial charge in [0.25, 0.3) is 5.91 Å². The molecule has 2 aromatic rings. The first-order chi connectivity index (χ1) is 9.72. The maximum Gasteiger partial charge on any atom is 0.251 e. The summed E-state index contributed by atoms with van der Waals surface area (Å²) in [6.07, 6.45) is 3.92. The first-order valence-corrected chi connectivity index (χ1v) is 6.89. The van der Waals surface area contributed by atoms with Crippen LogP contribution in [0.1, 0.15) is 41.9 Å². The van der Waals surface area contributed by atoms with Gasteiger partial charge in [0, 0.05) is 23.5 Å². The molecule has 1 heterocycles. The van der Waals surface area contributed by atoms with Crippen molar-refractivity contribution in [2.45, 2.75) is 31.8 Å². The van der Waals surface area contributed by atoms with Crippen LogP contribution in [0.3, 0.4) is 0 Å².